The molecule has 0 aliphatic carbocycles. The van der Waals surface area contributed by atoms with E-state index in [4.69, 9.17) is 4.98 Å². The molecule has 84 valence electrons. The smallest absolute Gasteiger partial charge is 0.112 e. The Hall–Kier alpha value is -0.580. The van der Waals surface area contributed by atoms with Crippen LogP contribution in [0.1, 0.15) is 17.5 Å². The molecular formula is C12H14N2S2. The number of rotatable bonds is 1. The third-order valence-electron chi connectivity index (χ3n) is 2.75. The number of para-hydroxylation sites is 1. The highest BCUT2D eigenvalue weighted by atomic mass is 32.2. The first-order valence-corrected chi connectivity index (χ1v) is 7.57. The number of fused-ring (bicyclic) bond motifs is 1. The normalized spacial score (nSPS) is 22.1. The van der Waals surface area contributed by atoms with Crippen LogP contribution in [0.25, 0.3) is 10.2 Å². The van der Waals surface area contributed by atoms with Gasteiger partial charge in [0.25, 0.3) is 0 Å². The Balaban J connectivity index is 1.92. The molecule has 2 heterocycles. The molecule has 1 aromatic carbocycles. The predicted octanol–water partition coefficient (Wildman–Crippen LogP) is 3.06. The highest BCUT2D eigenvalue weighted by Crippen LogP contribution is 2.29. The summed E-state index contributed by atoms with van der Waals surface area (Å²) in [6, 6.07) is 8.84. The number of nitrogens with zero attached hydrogens (tertiary/aromatic N) is 1. The molecule has 2 nitrogen and oxygen atoms in total. The Kier molecular flexibility index (Phi) is 3.13. The highest BCUT2D eigenvalue weighted by Gasteiger charge is 2.17. The molecule has 1 saturated heterocycles. The number of thioether (sulfide) groups is 1. The van der Waals surface area contributed by atoms with E-state index in [0.717, 1.165) is 17.8 Å². The van der Waals surface area contributed by atoms with Crippen LogP contribution in [0.5, 0.6) is 0 Å². The van der Waals surface area contributed by atoms with Gasteiger partial charge in [-0.05, 0) is 30.9 Å². The molecule has 4 heteroatoms. The molecule has 1 aromatic heterocycles. The molecule has 3 rings (SSSR count). The van der Waals surface area contributed by atoms with Crippen molar-refractivity contribution in [3.63, 3.8) is 0 Å². The van der Waals surface area contributed by atoms with Crippen molar-refractivity contribution >= 4 is 33.3 Å². The molecule has 0 radical (unpaired) electrons. The van der Waals surface area contributed by atoms with E-state index in [0.29, 0.717) is 6.04 Å². The third kappa shape index (κ3) is 2.10. The lowest BCUT2D eigenvalue weighted by atomic mass is 10.3. The first kappa shape index (κ1) is 10.6. The fraction of sp³-hybridized carbons (Fsp3) is 0.417. The van der Waals surface area contributed by atoms with Crippen molar-refractivity contribution in [2.24, 2.45) is 0 Å². The Morgan fingerprint density at radius 3 is 3.19 bits per heavy atom. The lowest BCUT2D eigenvalue weighted by molar-refractivity contribution is 0.588. The van der Waals surface area contributed by atoms with Gasteiger partial charge in [0.15, 0.2) is 0 Å². The van der Waals surface area contributed by atoms with E-state index in [-0.39, 0.29) is 0 Å². The van der Waals surface area contributed by atoms with Crippen molar-refractivity contribution in [3.8, 4) is 0 Å². The minimum atomic E-state index is 0.449. The van der Waals surface area contributed by atoms with Gasteiger partial charge in [-0.3, -0.25) is 0 Å². The van der Waals surface area contributed by atoms with Crippen LogP contribution >= 0.6 is 23.1 Å². The van der Waals surface area contributed by atoms with E-state index < -0.39 is 0 Å². The summed E-state index contributed by atoms with van der Waals surface area (Å²) in [5, 5.41) is 4.83. The van der Waals surface area contributed by atoms with Gasteiger partial charge < -0.3 is 5.32 Å². The van der Waals surface area contributed by atoms with Crippen molar-refractivity contribution in [2.45, 2.75) is 12.5 Å². The lowest BCUT2D eigenvalue weighted by Crippen LogP contribution is -2.22. The summed E-state index contributed by atoms with van der Waals surface area (Å²) in [4.78, 5) is 4.72. The van der Waals surface area contributed by atoms with Crippen LogP contribution in [0.4, 0.5) is 0 Å². The van der Waals surface area contributed by atoms with Gasteiger partial charge >= 0.3 is 0 Å². The zero-order valence-corrected chi connectivity index (χ0v) is 10.6. The number of aromatic nitrogens is 1. The van der Waals surface area contributed by atoms with Crippen molar-refractivity contribution in [2.75, 3.05) is 18.1 Å². The Labute approximate surface area is 103 Å². The predicted molar refractivity (Wildman–Crippen MR) is 72.3 cm³/mol. The van der Waals surface area contributed by atoms with Gasteiger partial charge in [0, 0.05) is 5.75 Å². The van der Waals surface area contributed by atoms with Gasteiger partial charge in [-0.15, -0.1) is 11.3 Å². The van der Waals surface area contributed by atoms with Gasteiger partial charge in [0.2, 0.25) is 0 Å². The first-order chi connectivity index (χ1) is 7.93. The average Bonchev–Trinajstić information content (AvgIpc) is 2.56. The third-order valence-corrected chi connectivity index (χ3v) is 5.05. The van der Waals surface area contributed by atoms with Crippen LogP contribution in [0, 0.1) is 0 Å². The van der Waals surface area contributed by atoms with Crippen molar-refractivity contribution < 1.29 is 0 Å². The van der Waals surface area contributed by atoms with E-state index >= 15 is 0 Å². The molecule has 0 amide bonds. The van der Waals surface area contributed by atoms with Crippen LogP contribution in [0.2, 0.25) is 0 Å². The highest BCUT2D eigenvalue weighted by molar-refractivity contribution is 7.99. The van der Waals surface area contributed by atoms with Crippen LogP contribution in [-0.4, -0.2) is 23.0 Å². The summed E-state index contributed by atoms with van der Waals surface area (Å²) in [6.45, 7) is 1.12. The molecule has 0 bridgehead atoms. The standard InChI is InChI=1S/C12H14N2S2/c1-2-5-11-9(4-1)14-12(16-11)10-8-15-7-3-6-13-10/h1-2,4-5,10,13H,3,6-8H2. The summed E-state index contributed by atoms with van der Waals surface area (Å²) in [5.74, 6) is 2.42. The molecule has 0 spiro atoms. The van der Waals surface area contributed by atoms with Crippen LogP contribution in [-0.2, 0) is 0 Å². The SMILES string of the molecule is c1ccc2sc(C3CSCCCN3)nc2c1. The Morgan fingerprint density at radius 2 is 2.25 bits per heavy atom. The van der Waals surface area contributed by atoms with Crippen molar-refractivity contribution in [1.29, 1.82) is 0 Å². The molecule has 16 heavy (non-hydrogen) atoms. The number of nitrogens with one attached hydrogen (secondary N) is 1. The minimum absolute atomic E-state index is 0.449. The number of hydrogen-bond donors (Lipinski definition) is 1. The summed E-state index contributed by atoms with van der Waals surface area (Å²) < 4.78 is 1.30. The molecule has 0 saturated carbocycles. The number of hydrogen-bond acceptors (Lipinski definition) is 4. The van der Waals surface area contributed by atoms with E-state index in [1.54, 1.807) is 0 Å². The summed E-state index contributed by atoms with van der Waals surface area (Å²) in [6.07, 6.45) is 1.27. The quantitative estimate of drug-likeness (QED) is 0.842. The Bertz CT molecular complexity index is 440. The number of benzene rings is 1. The maximum atomic E-state index is 4.72. The van der Waals surface area contributed by atoms with Gasteiger partial charge in [-0.25, -0.2) is 4.98 Å². The van der Waals surface area contributed by atoms with Crippen LogP contribution in [0.15, 0.2) is 24.3 Å². The van der Waals surface area contributed by atoms with Gasteiger partial charge in [-0.2, -0.15) is 11.8 Å². The fourth-order valence-electron chi connectivity index (χ4n) is 1.91. The number of thiazole rings is 1. The fourth-order valence-corrected chi connectivity index (χ4v) is 4.08. The Morgan fingerprint density at radius 1 is 1.31 bits per heavy atom. The maximum Gasteiger partial charge on any atom is 0.112 e. The minimum Gasteiger partial charge on any atom is -0.307 e. The van der Waals surface area contributed by atoms with Crippen molar-refractivity contribution in [1.82, 2.24) is 10.3 Å². The molecule has 1 aliphatic heterocycles. The van der Waals surface area contributed by atoms with Gasteiger partial charge in [0.1, 0.15) is 5.01 Å². The van der Waals surface area contributed by atoms with Crippen LogP contribution in [0.3, 0.4) is 0 Å². The lowest BCUT2D eigenvalue weighted by Gasteiger charge is -2.11. The molecule has 1 atom stereocenters. The second-order valence-electron chi connectivity index (χ2n) is 3.96. The second-order valence-corrected chi connectivity index (χ2v) is 6.17. The van der Waals surface area contributed by atoms with Gasteiger partial charge in [-0.1, -0.05) is 12.1 Å². The first-order valence-electron chi connectivity index (χ1n) is 5.60. The summed E-state index contributed by atoms with van der Waals surface area (Å²) >= 11 is 3.86. The largest absolute Gasteiger partial charge is 0.307 e. The summed E-state index contributed by atoms with van der Waals surface area (Å²) in [5.41, 5.74) is 1.14. The monoisotopic (exact) mass is 250 g/mol. The average molecular weight is 250 g/mol. The molecule has 1 N–H and O–H groups in total. The topological polar surface area (TPSA) is 24.9 Å². The molecule has 2 aromatic rings. The van der Waals surface area contributed by atoms with Crippen molar-refractivity contribution in [3.05, 3.63) is 29.3 Å². The van der Waals surface area contributed by atoms with E-state index in [1.165, 1.54) is 21.9 Å². The molecule has 1 unspecified atom stereocenters. The second kappa shape index (κ2) is 4.73. The zero-order chi connectivity index (χ0) is 10.8. The van der Waals surface area contributed by atoms with Gasteiger partial charge in [0.05, 0.1) is 16.3 Å². The molecular weight excluding hydrogens is 236 g/mol. The van der Waals surface area contributed by atoms with E-state index in [2.05, 4.69) is 29.6 Å². The molecule has 1 aliphatic rings. The van der Waals surface area contributed by atoms with Crippen LogP contribution < -0.4 is 5.32 Å². The maximum absolute atomic E-state index is 4.72. The van der Waals surface area contributed by atoms with E-state index in [9.17, 15) is 0 Å². The zero-order valence-electron chi connectivity index (χ0n) is 8.98. The van der Waals surface area contributed by atoms with E-state index in [1.807, 2.05) is 23.1 Å². The molecule has 1 fully saturated rings. The summed E-state index contributed by atoms with van der Waals surface area (Å²) in [7, 11) is 0.